The van der Waals surface area contributed by atoms with Crippen molar-refractivity contribution in [1.82, 2.24) is 10.6 Å². The summed E-state index contributed by atoms with van der Waals surface area (Å²) < 4.78 is 0. The van der Waals surface area contributed by atoms with Crippen LogP contribution in [0.25, 0.3) is 0 Å². The number of amides is 2. The number of hydrogen-bond acceptors (Lipinski definition) is 2. The van der Waals surface area contributed by atoms with Crippen LogP contribution in [0.1, 0.15) is 27.7 Å². The first-order chi connectivity index (χ1) is 6.34. The van der Waals surface area contributed by atoms with Gasteiger partial charge in [-0.1, -0.05) is 13.8 Å². The third-order valence-corrected chi connectivity index (χ3v) is 1.71. The second-order valence-corrected chi connectivity index (χ2v) is 3.95. The van der Waals surface area contributed by atoms with Crippen LogP contribution in [0.2, 0.25) is 0 Å². The van der Waals surface area contributed by atoms with Gasteiger partial charge in [-0.2, -0.15) is 0 Å². The summed E-state index contributed by atoms with van der Waals surface area (Å²) in [6, 6.07) is -0.600. The van der Waals surface area contributed by atoms with E-state index in [0.717, 1.165) is 0 Å². The molecule has 0 aliphatic rings. The highest BCUT2D eigenvalue weighted by Gasteiger charge is 2.18. The molecular formula is C9H20N4O. The monoisotopic (exact) mass is 200 g/mol. The molecule has 0 spiro atoms. The summed E-state index contributed by atoms with van der Waals surface area (Å²) in [5, 5.41) is 12.6. The lowest BCUT2D eigenvalue weighted by Crippen LogP contribution is -2.51. The van der Waals surface area contributed by atoms with Crippen LogP contribution in [-0.2, 0) is 0 Å². The Kier molecular flexibility index (Phi) is 4.97. The second kappa shape index (κ2) is 5.47. The van der Waals surface area contributed by atoms with Crippen molar-refractivity contribution in [1.29, 1.82) is 5.41 Å². The van der Waals surface area contributed by atoms with E-state index in [4.69, 9.17) is 11.1 Å². The van der Waals surface area contributed by atoms with Gasteiger partial charge in [0.25, 0.3) is 0 Å². The van der Waals surface area contributed by atoms with Crippen molar-refractivity contribution >= 4 is 11.9 Å². The molecule has 0 aromatic carbocycles. The molecule has 5 N–H and O–H groups in total. The molecule has 0 rings (SSSR count). The maximum atomic E-state index is 11.3. The third kappa shape index (κ3) is 4.69. The summed E-state index contributed by atoms with van der Waals surface area (Å²) in [5.74, 6) is 0.101. The second-order valence-electron chi connectivity index (χ2n) is 3.95. The van der Waals surface area contributed by atoms with E-state index in [-0.39, 0.29) is 23.8 Å². The van der Waals surface area contributed by atoms with Gasteiger partial charge in [0.1, 0.15) is 5.84 Å². The molecule has 0 aromatic rings. The predicted molar refractivity (Wildman–Crippen MR) is 57.3 cm³/mol. The van der Waals surface area contributed by atoms with E-state index in [1.807, 2.05) is 27.7 Å². The Morgan fingerprint density at radius 2 is 1.71 bits per heavy atom. The minimum absolute atomic E-state index is 0.0149. The van der Waals surface area contributed by atoms with Gasteiger partial charge in [0.05, 0.1) is 6.04 Å². The Labute approximate surface area is 84.9 Å². The number of hydrogen-bond donors (Lipinski definition) is 4. The van der Waals surface area contributed by atoms with Crippen LogP contribution in [0, 0.1) is 11.3 Å². The van der Waals surface area contributed by atoms with Crippen molar-refractivity contribution in [3.05, 3.63) is 0 Å². The topological polar surface area (TPSA) is 91.0 Å². The lowest BCUT2D eigenvalue weighted by Gasteiger charge is -2.21. The van der Waals surface area contributed by atoms with E-state index in [9.17, 15) is 4.79 Å². The van der Waals surface area contributed by atoms with E-state index in [1.165, 1.54) is 0 Å². The van der Waals surface area contributed by atoms with E-state index < -0.39 is 6.04 Å². The summed E-state index contributed by atoms with van der Waals surface area (Å²) >= 11 is 0. The molecule has 1 atom stereocenters. The predicted octanol–water partition coefficient (Wildman–Crippen LogP) is 0.655. The largest absolute Gasteiger partial charge is 0.386 e. The first-order valence-corrected chi connectivity index (χ1v) is 4.75. The average Bonchev–Trinajstić information content (AvgIpc) is 1.97. The van der Waals surface area contributed by atoms with E-state index in [1.54, 1.807) is 0 Å². The van der Waals surface area contributed by atoms with Gasteiger partial charge in [-0.3, -0.25) is 5.41 Å². The quantitative estimate of drug-likeness (QED) is 0.396. The maximum absolute atomic E-state index is 11.3. The van der Waals surface area contributed by atoms with Gasteiger partial charge < -0.3 is 16.4 Å². The Morgan fingerprint density at radius 3 is 2.00 bits per heavy atom. The molecular weight excluding hydrogens is 180 g/mol. The molecule has 0 bridgehead atoms. The van der Waals surface area contributed by atoms with Crippen LogP contribution in [-0.4, -0.2) is 24.0 Å². The number of carbonyl (C=O) groups is 1. The van der Waals surface area contributed by atoms with E-state index in [2.05, 4.69) is 10.6 Å². The van der Waals surface area contributed by atoms with Crippen LogP contribution in [0.15, 0.2) is 0 Å². The molecule has 0 fully saturated rings. The van der Waals surface area contributed by atoms with Gasteiger partial charge in [-0.25, -0.2) is 4.79 Å². The standard InChI is InChI=1S/C9H20N4O/c1-5(2)7(8(10)11)13-9(14)12-6(3)4/h5-7H,1-4H3,(H3,10,11)(H2,12,13,14). The number of rotatable bonds is 4. The van der Waals surface area contributed by atoms with Gasteiger partial charge in [0.2, 0.25) is 0 Å². The summed E-state index contributed by atoms with van der Waals surface area (Å²) in [5.41, 5.74) is 5.36. The zero-order valence-electron chi connectivity index (χ0n) is 9.22. The molecule has 0 saturated carbocycles. The van der Waals surface area contributed by atoms with Gasteiger partial charge in [0, 0.05) is 6.04 Å². The molecule has 0 radical (unpaired) electrons. The van der Waals surface area contributed by atoms with Gasteiger partial charge in [-0.05, 0) is 19.8 Å². The van der Waals surface area contributed by atoms with Gasteiger partial charge >= 0.3 is 6.03 Å². The summed E-state index contributed by atoms with van der Waals surface area (Å²) in [4.78, 5) is 11.3. The van der Waals surface area contributed by atoms with E-state index in [0.29, 0.717) is 0 Å². The van der Waals surface area contributed by atoms with Gasteiger partial charge in [-0.15, -0.1) is 0 Å². The summed E-state index contributed by atoms with van der Waals surface area (Å²) in [6.07, 6.45) is 0. The van der Waals surface area contributed by atoms with Crippen LogP contribution in [0.4, 0.5) is 4.79 Å². The van der Waals surface area contributed by atoms with Crippen molar-refractivity contribution < 1.29 is 4.79 Å². The van der Waals surface area contributed by atoms with Crippen LogP contribution in [0.3, 0.4) is 0 Å². The SMILES string of the molecule is CC(C)NC(=O)NC(C(=N)N)C(C)C. The fraction of sp³-hybridized carbons (Fsp3) is 0.778. The molecule has 2 amide bonds. The average molecular weight is 200 g/mol. The fourth-order valence-electron chi connectivity index (χ4n) is 1.05. The first-order valence-electron chi connectivity index (χ1n) is 4.75. The van der Waals surface area contributed by atoms with Crippen molar-refractivity contribution in [2.45, 2.75) is 39.8 Å². The molecule has 0 saturated heterocycles. The Balaban J connectivity index is 4.17. The molecule has 5 nitrogen and oxygen atoms in total. The van der Waals surface area contributed by atoms with Crippen molar-refractivity contribution in [2.24, 2.45) is 11.7 Å². The zero-order chi connectivity index (χ0) is 11.3. The number of urea groups is 1. The molecule has 5 heteroatoms. The summed E-state index contributed by atoms with van der Waals surface area (Å²) in [7, 11) is 0. The Bertz CT molecular complexity index is 213. The van der Waals surface area contributed by atoms with Crippen molar-refractivity contribution in [3.63, 3.8) is 0 Å². The fourth-order valence-corrected chi connectivity index (χ4v) is 1.05. The number of carbonyl (C=O) groups excluding carboxylic acids is 1. The maximum Gasteiger partial charge on any atom is 0.315 e. The lowest BCUT2D eigenvalue weighted by molar-refractivity contribution is 0.234. The number of nitrogens with one attached hydrogen (secondary N) is 3. The van der Waals surface area contributed by atoms with Crippen LogP contribution in [0.5, 0.6) is 0 Å². The smallest absolute Gasteiger partial charge is 0.315 e. The third-order valence-electron chi connectivity index (χ3n) is 1.71. The normalized spacial score (nSPS) is 12.7. The van der Waals surface area contributed by atoms with Crippen LogP contribution >= 0.6 is 0 Å². The van der Waals surface area contributed by atoms with Crippen molar-refractivity contribution in [2.75, 3.05) is 0 Å². The molecule has 82 valence electrons. The Hall–Kier alpha value is -1.26. The molecule has 0 heterocycles. The van der Waals surface area contributed by atoms with E-state index >= 15 is 0 Å². The number of amidine groups is 1. The first kappa shape index (κ1) is 12.7. The Morgan fingerprint density at radius 1 is 1.21 bits per heavy atom. The molecule has 1 unspecified atom stereocenters. The summed E-state index contributed by atoms with van der Waals surface area (Å²) in [6.45, 7) is 7.55. The highest BCUT2D eigenvalue weighted by Crippen LogP contribution is 2.00. The molecule has 0 aliphatic carbocycles. The highest BCUT2D eigenvalue weighted by atomic mass is 16.2. The lowest BCUT2D eigenvalue weighted by atomic mass is 10.0. The van der Waals surface area contributed by atoms with Gasteiger partial charge in [0.15, 0.2) is 0 Å². The molecule has 0 aliphatic heterocycles. The molecule has 14 heavy (non-hydrogen) atoms. The minimum Gasteiger partial charge on any atom is -0.386 e. The minimum atomic E-state index is -0.395. The zero-order valence-corrected chi connectivity index (χ0v) is 9.22. The molecule has 0 aromatic heterocycles. The van der Waals surface area contributed by atoms with Crippen LogP contribution < -0.4 is 16.4 Å². The number of nitrogens with two attached hydrogens (primary N) is 1. The highest BCUT2D eigenvalue weighted by molar-refractivity contribution is 5.87. The van der Waals surface area contributed by atoms with Crippen molar-refractivity contribution in [3.8, 4) is 0 Å².